The van der Waals surface area contributed by atoms with Crippen LogP contribution in [0.25, 0.3) is 0 Å². The number of hydrogen-bond donors (Lipinski definition) is 5. The van der Waals surface area contributed by atoms with Gasteiger partial charge in [0, 0.05) is 33.3 Å². The van der Waals surface area contributed by atoms with Gasteiger partial charge in [-0.2, -0.15) is 26.3 Å². The molecule has 16 heteroatoms. The number of nitrogens with zero attached hydrogens (tertiary/aromatic N) is 3. The molecule has 5 aliphatic rings. The minimum atomic E-state index is -4.51. The molecular formula is C25H41F7N8O. The quantitative estimate of drug-likeness (QED) is 0.295. The third kappa shape index (κ3) is 6.56. The van der Waals surface area contributed by atoms with Gasteiger partial charge in [0.1, 0.15) is 31.2 Å². The van der Waals surface area contributed by atoms with Gasteiger partial charge in [-0.15, -0.1) is 0 Å². The number of alkyl halides is 7. The van der Waals surface area contributed by atoms with Crippen LogP contribution < -0.4 is 21.3 Å². The molecule has 8 unspecified atom stereocenters. The Balaban J connectivity index is 1.26. The minimum Gasteiger partial charge on any atom is -0.366 e. The second-order valence-electron chi connectivity index (χ2n) is 12.2. The van der Waals surface area contributed by atoms with Crippen molar-refractivity contribution in [1.29, 1.82) is 5.41 Å². The van der Waals surface area contributed by atoms with Crippen molar-refractivity contribution in [2.45, 2.75) is 87.4 Å². The maximum Gasteiger partial charge on any atom is 0.406 e. The molecule has 0 aromatic heterocycles. The Morgan fingerprint density at radius 3 is 2.27 bits per heavy atom. The standard InChI is InChI=1S/C25H41F7N8O/c1-38-11-17(25(30,31)32)36-20(38)14-5-3-13(4-6-14)10-39-21-16(40(23(39)33)12-24(27,28)29)9-35-19(37-21)18-15(26)7-8-34-22(18)41-2/h13-22,33-37H,3-12H2,1-2H3. The van der Waals surface area contributed by atoms with Crippen LogP contribution in [0.2, 0.25) is 0 Å². The van der Waals surface area contributed by atoms with Gasteiger partial charge in [0.25, 0.3) is 0 Å². The number of hydrogen-bond acceptors (Lipinski definition) is 7. The molecule has 5 rings (SSSR count). The normalized spacial score (nSPS) is 41.2. The lowest BCUT2D eigenvalue weighted by atomic mass is 9.80. The van der Waals surface area contributed by atoms with Crippen LogP contribution in [0.15, 0.2) is 0 Å². The van der Waals surface area contributed by atoms with E-state index in [1.807, 2.05) is 0 Å². The number of methoxy groups -OCH3 is 1. The third-order valence-electron chi connectivity index (χ3n) is 9.57. The van der Waals surface area contributed by atoms with Crippen LogP contribution in [0.5, 0.6) is 0 Å². The molecule has 4 heterocycles. The van der Waals surface area contributed by atoms with Gasteiger partial charge >= 0.3 is 12.4 Å². The van der Waals surface area contributed by atoms with Gasteiger partial charge in [-0.05, 0) is 51.0 Å². The molecule has 0 amide bonds. The first-order valence-corrected chi connectivity index (χ1v) is 14.4. The fourth-order valence-electron chi connectivity index (χ4n) is 7.53. The number of rotatable bonds is 6. The number of ether oxygens (including phenoxy) is 1. The topological polar surface area (TPSA) is 90.9 Å². The van der Waals surface area contributed by atoms with E-state index in [0.717, 1.165) is 4.90 Å². The van der Waals surface area contributed by atoms with Gasteiger partial charge in [-0.25, -0.2) is 4.39 Å². The van der Waals surface area contributed by atoms with Crippen molar-refractivity contribution in [2.75, 3.05) is 46.9 Å². The molecule has 236 valence electrons. The zero-order valence-electron chi connectivity index (χ0n) is 23.2. The Kier molecular flexibility index (Phi) is 9.00. The third-order valence-corrected chi connectivity index (χ3v) is 9.57. The maximum atomic E-state index is 15.1. The van der Waals surface area contributed by atoms with E-state index in [9.17, 15) is 26.3 Å². The fourth-order valence-corrected chi connectivity index (χ4v) is 7.53. The van der Waals surface area contributed by atoms with Crippen molar-refractivity contribution >= 4 is 5.96 Å². The number of halogens is 7. The molecule has 8 atom stereocenters. The lowest BCUT2D eigenvalue weighted by molar-refractivity contribution is -0.150. The number of fused-ring (bicyclic) bond motifs is 1. The summed E-state index contributed by atoms with van der Waals surface area (Å²) in [5.41, 5.74) is 0. The summed E-state index contributed by atoms with van der Waals surface area (Å²) in [6, 6.07) is -2.24. The number of guanidine groups is 1. The molecule has 5 N–H and O–H groups in total. The largest absolute Gasteiger partial charge is 0.406 e. The van der Waals surface area contributed by atoms with E-state index in [1.54, 1.807) is 16.8 Å². The number of piperidine rings is 1. The van der Waals surface area contributed by atoms with Gasteiger partial charge in [-0.3, -0.25) is 31.6 Å². The molecule has 0 aromatic rings. The van der Waals surface area contributed by atoms with E-state index in [-0.39, 0.29) is 43.5 Å². The Hall–Kier alpha value is -1.46. The Labute approximate surface area is 235 Å². The van der Waals surface area contributed by atoms with Gasteiger partial charge in [0.15, 0.2) is 5.96 Å². The van der Waals surface area contributed by atoms with E-state index in [0.29, 0.717) is 38.8 Å². The summed E-state index contributed by atoms with van der Waals surface area (Å²) >= 11 is 0. The smallest absolute Gasteiger partial charge is 0.366 e. The van der Waals surface area contributed by atoms with Crippen LogP contribution in [0, 0.1) is 23.2 Å². The summed E-state index contributed by atoms with van der Waals surface area (Å²) < 4.78 is 101. The Morgan fingerprint density at radius 1 is 0.951 bits per heavy atom. The van der Waals surface area contributed by atoms with E-state index in [4.69, 9.17) is 10.1 Å². The monoisotopic (exact) mass is 602 g/mol. The highest BCUT2D eigenvalue weighted by atomic mass is 19.4. The lowest BCUT2D eigenvalue weighted by Gasteiger charge is -2.46. The zero-order valence-corrected chi connectivity index (χ0v) is 23.2. The lowest BCUT2D eigenvalue weighted by Crippen LogP contribution is -2.70. The van der Waals surface area contributed by atoms with Crippen LogP contribution in [-0.2, 0) is 4.74 Å². The van der Waals surface area contributed by atoms with Crippen molar-refractivity contribution in [3.63, 3.8) is 0 Å². The second kappa shape index (κ2) is 11.9. The molecule has 0 radical (unpaired) electrons. The van der Waals surface area contributed by atoms with E-state index in [1.165, 1.54) is 7.11 Å². The van der Waals surface area contributed by atoms with Crippen molar-refractivity contribution < 1.29 is 35.5 Å². The average molecular weight is 603 g/mol. The number of nitrogens with one attached hydrogen (secondary N) is 5. The van der Waals surface area contributed by atoms with Gasteiger partial charge in [-0.1, -0.05) is 0 Å². The highest BCUT2D eigenvalue weighted by Crippen LogP contribution is 2.38. The SMILES string of the molecule is COC1NCCC(F)C1C1NCC2C(N1)N(CC1CCC(C3NC(C(F)(F)F)CN3C)CC1)C(=N)N2CC(F)(F)F. The fraction of sp³-hybridized carbons (Fsp3) is 0.960. The number of likely N-dealkylation sites (N-methyl/N-ethyl adjacent to an activating group) is 1. The van der Waals surface area contributed by atoms with Crippen LogP contribution in [-0.4, -0.2) is 123 Å². The van der Waals surface area contributed by atoms with E-state index >= 15 is 4.39 Å². The molecule has 9 nitrogen and oxygen atoms in total. The summed E-state index contributed by atoms with van der Waals surface area (Å²) in [5, 5.41) is 21.1. The molecule has 0 bridgehead atoms. The molecule has 4 saturated heterocycles. The van der Waals surface area contributed by atoms with Gasteiger partial charge < -0.3 is 14.5 Å². The van der Waals surface area contributed by atoms with Gasteiger partial charge in [0.05, 0.1) is 24.3 Å². The second-order valence-corrected chi connectivity index (χ2v) is 12.2. The summed E-state index contributed by atoms with van der Waals surface area (Å²) in [7, 11) is 3.17. The first-order chi connectivity index (χ1) is 19.3. The van der Waals surface area contributed by atoms with Crippen LogP contribution in [0.3, 0.4) is 0 Å². The zero-order chi connectivity index (χ0) is 29.7. The van der Waals surface area contributed by atoms with Crippen LogP contribution in [0.1, 0.15) is 32.1 Å². The summed E-state index contributed by atoms with van der Waals surface area (Å²) in [5.74, 6) is -0.741. The molecule has 1 saturated carbocycles. The first kappa shape index (κ1) is 31.0. The van der Waals surface area contributed by atoms with Gasteiger partial charge in [0.2, 0.25) is 0 Å². The predicted molar refractivity (Wildman–Crippen MR) is 136 cm³/mol. The molecule has 41 heavy (non-hydrogen) atoms. The van der Waals surface area contributed by atoms with Crippen LogP contribution >= 0.6 is 0 Å². The van der Waals surface area contributed by atoms with Crippen LogP contribution in [0.4, 0.5) is 30.7 Å². The molecule has 0 aromatic carbocycles. The van der Waals surface area contributed by atoms with Crippen molar-refractivity contribution in [1.82, 2.24) is 36.0 Å². The summed E-state index contributed by atoms with van der Waals surface area (Å²) in [4.78, 5) is 4.44. The molecule has 1 aliphatic carbocycles. The average Bonchev–Trinajstić information content (AvgIpc) is 3.41. The highest BCUT2D eigenvalue weighted by Gasteiger charge is 2.53. The van der Waals surface area contributed by atoms with Crippen molar-refractivity contribution in [3.05, 3.63) is 0 Å². The Morgan fingerprint density at radius 2 is 1.66 bits per heavy atom. The minimum absolute atomic E-state index is 0.0313. The predicted octanol–water partition coefficient (Wildman–Crippen LogP) is 1.83. The van der Waals surface area contributed by atoms with Crippen molar-refractivity contribution in [2.24, 2.45) is 17.8 Å². The highest BCUT2D eigenvalue weighted by molar-refractivity contribution is 5.80. The van der Waals surface area contributed by atoms with E-state index < -0.39 is 61.6 Å². The molecular weight excluding hydrogens is 561 g/mol. The Bertz CT molecular complexity index is 917. The van der Waals surface area contributed by atoms with Crippen molar-refractivity contribution in [3.8, 4) is 0 Å². The van der Waals surface area contributed by atoms with E-state index in [2.05, 4.69) is 21.3 Å². The summed E-state index contributed by atoms with van der Waals surface area (Å²) in [6.07, 6.45) is -9.11. The molecule has 4 aliphatic heterocycles. The molecule has 5 fully saturated rings. The molecule has 0 spiro atoms. The maximum absolute atomic E-state index is 15.1. The first-order valence-electron chi connectivity index (χ1n) is 14.4. The summed E-state index contributed by atoms with van der Waals surface area (Å²) in [6.45, 7) is -0.421.